The molecule has 4 heteroatoms. The third kappa shape index (κ3) is 4.93. The fourth-order valence-electron chi connectivity index (χ4n) is 2.63. The van der Waals surface area contributed by atoms with Crippen LogP contribution < -0.4 is 10.6 Å². The number of ether oxygens (including phenoxy) is 1. The molecule has 1 aromatic rings. The van der Waals surface area contributed by atoms with Crippen LogP contribution in [0, 0.1) is 11.8 Å². The maximum absolute atomic E-state index is 11.7. The van der Waals surface area contributed by atoms with Crippen LogP contribution in [0.3, 0.4) is 0 Å². The Hall–Kier alpha value is -1.71. The summed E-state index contributed by atoms with van der Waals surface area (Å²) in [6.07, 6.45) is 2.07. The molecule has 2 N–H and O–H groups in total. The summed E-state index contributed by atoms with van der Waals surface area (Å²) in [6.45, 7) is 10.1. The van der Waals surface area contributed by atoms with E-state index in [9.17, 15) is 4.79 Å². The topological polar surface area (TPSA) is 50.4 Å². The van der Waals surface area contributed by atoms with Crippen LogP contribution in [0.1, 0.15) is 47.5 Å². The summed E-state index contributed by atoms with van der Waals surface area (Å²) in [6, 6.07) is 8.36. The van der Waals surface area contributed by atoms with Gasteiger partial charge in [-0.15, -0.1) is 0 Å². The van der Waals surface area contributed by atoms with Gasteiger partial charge < -0.3 is 10.1 Å². The first-order chi connectivity index (χ1) is 10.2. The molecule has 0 spiro atoms. The minimum atomic E-state index is -0.483. The van der Waals surface area contributed by atoms with E-state index >= 15 is 0 Å². The molecule has 0 bridgehead atoms. The highest BCUT2D eigenvalue weighted by atomic mass is 16.6. The Morgan fingerprint density at radius 1 is 1.14 bits per heavy atom. The van der Waals surface area contributed by atoms with Gasteiger partial charge in [-0.05, 0) is 69.7 Å². The van der Waals surface area contributed by atoms with Gasteiger partial charge in [-0.3, -0.25) is 5.32 Å². The molecule has 0 unspecified atom stereocenters. The second kappa shape index (κ2) is 6.59. The Kier molecular flexibility index (Phi) is 4.99. The van der Waals surface area contributed by atoms with Crippen molar-refractivity contribution >= 4 is 17.5 Å². The van der Waals surface area contributed by atoms with Crippen LogP contribution in [0.4, 0.5) is 16.2 Å². The Morgan fingerprint density at radius 3 is 2.18 bits per heavy atom. The van der Waals surface area contributed by atoms with Crippen LogP contribution in [-0.2, 0) is 4.74 Å². The molecule has 122 valence electrons. The minimum absolute atomic E-state index is 0.424. The van der Waals surface area contributed by atoms with Gasteiger partial charge >= 0.3 is 6.09 Å². The number of nitrogens with one attached hydrogen (secondary N) is 2. The van der Waals surface area contributed by atoms with Gasteiger partial charge in [0.05, 0.1) is 0 Å². The predicted molar refractivity (Wildman–Crippen MR) is 91.3 cm³/mol. The van der Waals surface area contributed by atoms with Gasteiger partial charge in [-0.25, -0.2) is 4.79 Å². The van der Waals surface area contributed by atoms with Crippen molar-refractivity contribution in [3.05, 3.63) is 24.3 Å². The van der Waals surface area contributed by atoms with E-state index in [4.69, 9.17) is 4.74 Å². The summed E-state index contributed by atoms with van der Waals surface area (Å²) in [5, 5.41) is 6.28. The summed E-state index contributed by atoms with van der Waals surface area (Å²) in [7, 11) is 0. The summed E-state index contributed by atoms with van der Waals surface area (Å²) in [5.41, 5.74) is 1.36. The zero-order chi connectivity index (χ0) is 16.3. The lowest BCUT2D eigenvalue weighted by Crippen LogP contribution is -2.37. The summed E-state index contributed by atoms with van der Waals surface area (Å²) >= 11 is 0. The molecule has 1 aromatic carbocycles. The molecule has 1 aliphatic carbocycles. The van der Waals surface area contributed by atoms with E-state index in [-0.39, 0.29) is 0 Å². The van der Waals surface area contributed by atoms with Crippen molar-refractivity contribution in [1.82, 2.24) is 0 Å². The minimum Gasteiger partial charge on any atom is -0.444 e. The lowest BCUT2D eigenvalue weighted by molar-refractivity contribution is 0.0636. The molecule has 0 radical (unpaired) electrons. The van der Waals surface area contributed by atoms with Crippen molar-refractivity contribution in [1.29, 1.82) is 0 Å². The van der Waals surface area contributed by atoms with Crippen LogP contribution in [0.15, 0.2) is 24.3 Å². The third-order valence-corrected chi connectivity index (χ3v) is 4.02. The third-order valence-electron chi connectivity index (χ3n) is 4.02. The quantitative estimate of drug-likeness (QED) is 0.833. The second-order valence-electron chi connectivity index (χ2n) is 7.52. The first kappa shape index (κ1) is 16.7. The molecule has 1 amide bonds. The second-order valence-corrected chi connectivity index (χ2v) is 7.52. The van der Waals surface area contributed by atoms with Crippen LogP contribution in [0.25, 0.3) is 0 Å². The number of hydrogen-bond acceptors (Lipinski definition) is 3. The monoisotopic (exact) mass is 304 g/mol. The van der Waals surface area contributed by atoms with Crippen LogP contribution >= 0.6 is 0 Å². The predicted octanol–water partition coefficient (Wildman–Crippen LogP) is 4.88. The molecule has 4 nitrogen and oxygen atoms in total. The number of hydrogen-bond donors (Lipinski definition) is 2. The van der Waals surface area contributed by atoms with Crippen LogP contribution in [0.5, 0.6) is 0 Å². The first-order valence-electron chi connectivity index (χ1n) is 8.09. The van der Waals surface area contributed by atoms with E-state index in [1.54, 1.807) is 0 Å². The lowest BCUT2D eigenvalue weighted by atomic mass is 9.73. The van der Waals surface area contributed by atoms with Gasteiger partial charge in [-0.2, -0.15) is 0 Å². The number of carbonyl (C=O) groups is 1. The number of rotatable bonds is 4. The number of carbonyl (C=O) groups excluding carboxylic acids is 1. The smallest absolute Gasteiger partial charge is 0.412 e. The normalized spacial score (nSPS) is 21.2. The van der Waals surface area contributed by atoms with Gasteiger partial charge in [0.15, 0.2) is 0 Å². The molecule has 1 aliphatic rings. The SMILES string of the molecule is CC(C)C1CC(Nc2ccc(NC(=O)OC(C)(C)C)cc2)C1. The Morgan fingerprint density at radius 2 is 1.68 bits per heavy atom. The van der Waals surface area contributed by atoms with E-state index in [1.165, 1.54) is 12.8 Å². The maximum Gasteiger partial charge on any atom is 0.412 e. The molecular weight excluding hydrogens is 276 g/mol. The molecule has 2 rings (SSSR count). The maximum atomic E-state index is 11.7. The highest BCUT2D eigenvalue weighted by molar-refractivity contribution is 5.85. The molecule has 0 aromatic heterocycles. The van der Waals surface area contributed by atoms with E-state index in [0.717, 1.165) is 23.2 Å². The molecule has 0 heterocycles. The molecule has 22 heavy (non-hydrogen) atoms. The van der Waals surface area contributed by atoms with E-state index in [2.05, 4.69) is 24.5 Å². The number of amides is 1. The van der Waals surface area contributed by atoms with Crippen molar-refractivity contribution in [3.63, 3.8) is 0 Å². The number of benzene rings is 1. The lowest BCUT2D eigenvalue weighted by Gasteiger charge is -2.39. The Bertz CT molecular complexity index is 497. The Labute approximate surface area is 133 Å². The van der Waals surface area contributed by atoms with Gasteiger partial charge in [0.1, 0.15) is 5.60 Å². The molecule has 0 saturated heterocycles. The van der Waals surface area contributed by atoms with Gasteiger partial charge in [0.2, 0.25) is 0 Å². The highest BCUT2D eigenvalue weighted by Crippen LogP contribution is 2.35. The molecular formula is C18H28N2O2. The highest BCUT2D eigenvalue weighted by Gasteiger charge is 2.30. The van der Waals surface area contributed by atoms with Crippen molar-refractivity contribution in [2.24, 2.45) is 11.8 Å². The van der Waals surface area contributed by atoms with Crippen molar-refractivity contribution in [2.75, 3.05) is 10.6 Å². The average Bonchev–Trinajstić information content (AvgIpc) is 2.32. The standard InChI is InChI=1S/C18H28N2O2/c1-12(2)13-10-16(11-13)19-14-6-8-15(9-7-14)20-17(21)22-18(3,4)5/h6-9,12-13,16,19H,10-11H2,1-5H3,(H,20,21). The van der Waals surface area contributed by atoms with Gasteiger partial charge in [0.25, 0.3) is 0 Å². The summed E-state index contributed by atoms with van der Waals surface area (Å²) in [5.74, 6) is 1.63. The first-order valence-corrected chi connectivity index (χ1v) is 8.09. The van der Waals surface area contributed by atoms with E-state index in [0.29, 0.717) is 6.04 Å². The number of anilines is 2. The molecule has 0 aliphatic heterocycles. The van der Waals surface area contributed by atoms with Crippen LogP contribution in [0.2, 0.25) is 0 Å². The molecule has 0 atom stereocenters. The Balaban J connectivity index is 1.80. The fraction of sp³-hybridized carbons (Fsp3) is 0.611. The average molecular weight is 304 g/mol. The van der Waals surface area contributed by atoms with E-state index in [1.807, 2.05) is 45.0 Å². The zero-order valence-corrected chi connectivity index (χ0v) is 14.3. The van der Waals surface area contributed by atoms with Crippen molar-refractivity contribution in [2.45, 2.75) is 59.1 Å². The van der Waals surface area contributed by atoms with Crippen LogP contribution in [-0.4, -0.2) is 17.7 Å². The molecule has 1 fully saturated rings. The van der Waals surface area contributed by atoms with Crippen molar-refractivity contribution in [3.8, 4) is 0 Å². The zero-order valence-electron chi connectivity index (χ0n) is 14.3. The van der Waals surface area contributed by atoms with Gasteiger partial charge in [0, 0.05) is 17.4 Å². The summed E-state index contributed by atoms with van der Waals surface area (Å²) < 4.78 is 5.23. The van der Waals surface area contributed by atoms with Gasteiger partial charge in [-0.1, -0.05) is 13.8 Å². The largest absolute Gasteiger partial charge is 0.444 e. The summed E-state index contributed by atoms with van der Waals surface area (Å²) in [4.78, 5) is 11.7. The van der Waals surface area contributed by atoms with Crippen molar-refractivity contribution < 1.29 is 9.53 Å². The van der Waals surface area contributed by atoms with E-state index < -0.39 is 11.7 Å². The molecule has 1 saturated carbocycles. The fourth-order valence-corrected chi connectivity index (χ4v) is 2.63.